The van der Waals surface area contributed by atoms with Crippen LogP contribution in [0, 0.1) is 6.92 Å². The molecule has 0 heterocycles. The molecule has 1 nitrogen and oxygen atoms in total. The zero-order valence-corrected chi connectivity index (χ0v) is 14.1. The Balaban J connectivity index is 2.87. The van der Waals surface area contributed by atoms with Crippen molar-refractivity contribution in [3.8, 4) is 0 Å². The van der Waals surface area contributed by atoms with Crippen molar-refractivity contribution in [3.63, 3.8) is 0 Å². The van der Waals surface area contributed by atoms with Crippen molar-refractivity contribution < 1.29 is 4.74 Å². The van der Waals surface area contributed by atoms with Gasteiger partial charge >= 0.3 is 113 Å². The van der Waals surface area contributed by atoms with Crippen LogP contribution in [0.3, 0.4) is 0 Å². The summed E-state index contributed by atoms with van der Waals surface area (Å²) in [6.45, 7) is 10.1. The first-order chi connectivity index (χ1) is 7.93. The van der Waals surface area contributed by atoms with E-state index >= 15 is 0 Å². The first kappa shape index (κ1) is 14.7. The minimum atomic E-state index is -1.22. The van der Waals surface area contributed by atoms with E-state index in [-0.39, 0.29) is 0 Å². The van der Waals surface area contributed by atoms with Crippen molar-refractivity contribution in [2.45, 2.75) is 26.6 Å². The van der Waals surface area contributed by atoms with Gasteiger partial charge in [0, 0.05) is 0 Å². The van der Waals surface area contributed by atoms with Crippen molar-refractivity contribution >= 4 is 27.5 Å². The maximum absolute atomic E-state index is 5.18. The van der Waals surface area contributed by atoms with Crippen LogP contribution in [0.1, 0.15) is 5.56 Å². The van der Waals surface area contributed by atoms with Gasteiger partial charge < -0.3 is 0 Å². The first-order valence-corrected chi connectivity index (χ1v) is 11.1. The Bertz CT molecular complexity index is 393. The van der Waals surface area contributed by atoms with Crippen LogP contribution in [0.5, 0.6) is 0 Å². The van der Waals surface area contributed by atoms with Crippen LogP contribution >= 0.6 is 0 Å². The van der Waals surface area contributed by atoms with Gasteiger partial charge in [0.15, 0.2) is 0 Å². The Morgan fingerprint density at radius 2 is 2.06 bits per heavy atom. The van der Waals surface area contributed by atoms with Crippen molar-refractivity contribution in [1.29, 1.82) is 0 Å². The van der Waals surface area contributed by atoms with E-state index in [0.717, 1.165) is 6.61 Å². The van der Waals surface area contributed by atoms with Crippen LogP contribution in [0.4, 0.5) is 0 Å². The molecule has 0 aliphatic heterocycles. The maximum atomic E-state index is 5.18. The number of benzene rings is 1. The number of ether oxygens (including phenoxy) is 1. The molecule has 1 aromatic rings. The zero-order chi connectivity index (χ0) is 12.9. The second-order valence-electron chi connectivity index (χ2n) is 5.19. The molecule has 0 N–H and O–H groups in total. The fourth-order valence-electron chi connectivity index (χ4n) is 1.47. The molecule has 1 aromatic carbocycles. The zero-order valence-electron chi connectivity index (χ0n) is 11.4. The third-order valence-corrected chi connectivity index (χ3v) is 10.3. The molecule has 0 spiro atoms. The summed E-state index contributed by atoms with van der Waals surface area (Å²) < 4.78 is 8.30. The molecule has 17 heavy (non-hydrogen) atoms. The minimum absolute atomic E-state index is 0.453. The van der Waals surface area contributed by atoms with Gasteiger partial charge in [0.25, 0.3) is 0 Å². The summed E-state index contributed by atoms with van der Waals surface area (Å²) in [4.78, 5) is 0. The molecule has 0 amide bonds. The summed E-state index contributed by atoms with van der Waals surface area (Å²) >= 11 is 0.453. The van der Waals surface area contributed by atoms with Gasteiger partial charge in [-0.1, -0.05) is 0 Å². The summed E-state index contributed by atoms with van der Waals surface area (Å²) in [5.74, 6) is 0. The number of aryl methyl sites for hydroxylation is 1. The Kier molecular flexibility index (Phi) is 5.67. The summed E-state index contributed by atoms with van der Waals surface area (Å²) in [6, 6.07) is 8.87. The molecule has 0 aromatic heterocycles. The first-order valence-electron chi connectivity index (χ1n) is 5.87. The standard InChI is InChI=1S/C14H22OSeSi/c1-12-7-6-8-13(11-12)16-14(9-10-15-2)17(3,4)5/h6-9,11H,10H2,1-5H3/b14-9-. The number of hydrogen-bond donors (Lipinski definition) is 0. The Morgan fingerprint density at radius 3 is 2.59 bits per heavy atom. The van der Waals surface area contributed by atoms with Gasteiger partial charge in [-0.3, -0.25) is 0 Å². The van der Waals surface area contributed by atoms with Crippen LogP contribution in [-0.2, 0) is 4.74 Å². The molecular weight excluding hydrogens is 291 g/mol. The molecule has 0 bridgehead atoms. The Morgan fingerprint density at radius 1 is 1.35 bits per heavy atom. The van der Waals surface area contributed by atoms with Crippen molar-refractivity contribution in [2.75, 3.05) is 13.7 Å². The molecular formula is C14H22OSeSi. The summed E-state index contributed by atoms with van der Waals surface area (Å²) in [6.07, 6.45) is 2.30. The fraction of sp³-hybridized carbons (Fsp3) is 0.429. The molecule has 0 fully saturated rings. The molecule has 94 valence electrons. The van der Waals surface area contributed by atoms with Crippen LogP contribution < -0.4 is 4.46 Å². The Hall–Kier alpha value is -0.344. The van der Waals surface area contributed by atoms with Crippen molar-refractivity contribution in [2.24, 2.45) is 0 Å². The van der Waals surface area contributed by atoms with Gasteiger partial charge in [-0.05, 0) is 0 Å². The third-order valence-electron chi connectivity index (χ3n) is 2.39. The SMILES string of the molecule is COC/C=C(/[Se]c1cccc(C)c1)[Si](C)(C)C. The number of methoxy groups -OCH3 is 1. The van der Waals surface area contributed by atoms with Gasteiger partial charge in [0.1, 0.15) is 0 Å². The summed E-state index contributed by atoms with van der Waals surface area (Å²) in [7, 11) is 0.547. The molecule has 0 aliphatic rings. The topological polar surface area (TPSA) is 9.23 Å². The van der Waals surface area contributed by atoms with E-state index < -0.39 is 8.07 Å². The second kappa shape index (κ2) is 6.55. The monoisotopic (exact) mass is 314 g/mol. The van der Waals surface area contributed by atoms with Crippen LogP contribution in [-0.4, -0.2) is 36.7 Å². The van der Waals surface area contributed by atoms with Crippen LogP contribution in [0.15, 0.2) is 34.4 Å². The molecule has 0 unspecified atom stereocenters. The quantitative estimate of drug-likeness (QED) is 0.760. The summed E-state index contributed by atoms with van der Waals surface area (Å²) in [5, 5.41) is 0. The Labute approximate surface area is 112 Å². The van der Waals surface area contributed by atoms with Gasteiger partial charge in [-0.15, -0.1) is 0 Å². The van der Waals surface area contributed by atoms with Gasteiger partial charge in [-0.25, -0.2) is 0 Å². The molecule has 1 rings (SSSR count). The molecule has 0 aliphatic carbocycles. The molecule has 3 heteroatoms. The van der Waals surface area contributed by atoms with Gasteiger partial charge in [-0.2, -0.15) is 0 Å². The predicted molar refractivity (Wildman–Crippen MR) is 79.9 cm³/mol. The molecule has 0 atom stereocenters. The third kappa shape index (κ3) is 5.22. The van der Waals surface area contributed by atoms with Crippen LogP contribution in [0.2, 0.25) is 19.6 Å². The molecule has 0 radical (unpaired) electrons. The normalized spacial score (nSPS) is 12.9. The average molecular weight is 313 g/mol. The molecule has 0 saturated carbocycles. The average Bonchev–Trinajstić information content (AvgIpc) is 2.22. The van der Waals surface area contributed by atoms with E-state index in [0.29, 0.717) is 15.0 Å². The van der Waals surface area contributed by atoms with Gasteiger partial charge in [0.05, 0.1) is 0 Å². The predicted octanol–water partition coefficient (Wildman–Crippen LogP) is 2.73. The van der Waals surface area contributed by atoms with Gasteiger partial charge in [0.2, 0.25) is 0 Å². The molecule has 0 saturated heterocycles. The van der Waals surface area contributed by atoms with E-state index in [1.165, 1.54) is 10.0 Å². The number of rotatable bonds is 5. The van der Waals surface area contributed by atoms with Crippen molar-refractivity contribution in [3.05, 3.63) is 40.0 Å². The van der Waals surface area contributed by atoms with Crippen molar-refractivity contribution in [1.82, 2.24) is 0 Å². The van der Waals surface area contributed by atoms with E-state index in [2.05, 4.69) is 56.9 Å². The van der Waals surface area contributed by atoms with E-state index in [4.69, 9.17) is 4.74 Å². The number of hydrogen-bond acceptors (Lipinski definition) is 1. The van der Waals surface area contributed by atoms with Crippen LogP contribution in [0.25, 0.3) is 0 Å². The second-order valence-corrected chi connectivity index (χ2v) is 13.4. The fourth-order valence-corrected chi connectivity index (χ4v) is 6.68. The summed E-state index contributed by atoms with van der Waals surface area (Å²) in [5.41, 5.74) is 1.35. The van der Waals surface area contributed by atoms with E-state index in [1.54, 1.807) is 11.2 Å². The van der Waals surface area contributed by atoms with E-state index in [1.807, 2.05) is 0 Å². The van der Waals surface area contributed by atoms with E-state index in [9.17, 15) is 0 Å².